The average molecular weight is 331 g/mol. The molecule has 1 aliphatic heterocycles. The highest BCUT2D eigenvalue weighted by Crippen LogP contribution is 2.33. The molecule has 0 saturated carbocycles. The second-order valence-corrected chi connectivity index (χ2v) is 5.61. The fourth-order valence-electron chi connectivity index (χ4n) is 2.34. The highest BCUT2D eigenvalue weighted by molar-refractivity contribution is 9.10. The summed E-state index contributed by atoms with van der Waals surface area (Å²) in [6.45, 7) is 2.93. The van der Waals surface area contributed by atoms with Crippen molar-refractivity contribution in [2.75, 3.05) is 12.0 Å². The van der Waals surface area contributed by atoms with Gasteiger partial charge in [-0.25, -0.2) is 4.99 Å². The number of fused-ring (bicyclic) bond motifs is 1. The molecule has 20 heavy (non-hydrogen) atoms. The van der Waals surface area contributed by atoms with E-state index in [0.29, 0.717) is 0 Å². The molecular weight excluding hydrogens is 316 g/mol. The molecule has 0 N–H and O–H groups in total. The Balaban J connectivity index is 1.95. The minimum atomic E-state index is 0.820. The Hall–Kier alpha value is -1.81. The fourth-order valence-corrected chi connectivity index (χ4v) is 2.69. The van der Waals surface area contributed by atoms with Gasteiger partial charge in [-0.05, 0) is 36.2 Å². The first-order chi connectivity index (χ1) is 9.69. The number of aliphatic imine (C=N–C) groups is 1. The predicted molar refractivity (Wildman–Crippen MR) is 86.2 cm³/mol. The van der Waals surface area contributed by atoms with Crippen molar-refractivity contribution in [1.29, 1.82) is 0 Å². The van der Waals surface area contributed by atoms with Gasteiger partial charge in [0.1, 0.15) is 5.75 Å². The Labute approximate surface area is 127 Å². The Bertz CT molecular complexity index is 682. The maximum absolute atomic E-state index is 5.23. The van der Waals surface area contributed by atoms with E-state index in [2.05, 4.69) is 50.9 Å². The van der Waals surface area contributed by atoms with Crippen LogP contribution in [0.2, 0.25) is 0 Å². The number of anilines is 1. The summed E-state index contributed by atoms with van der Waals surface area (Å²) in [7, 11) is 1.67. The smallest absolute Gasteiger partial charge is 0.121 e. The molecule has 0 aliphatic carbocycles. The summed E-state index contributed by atoms with van der Waals surface area (Å²) in [5.74, 6) is 0.841. The van der Waals surface area contributed by atoms with Crippen LogP contribution in [-0.2, 0) is 6.54 Å². The van der Waals surface area contributed by atoms with Gasteiger partial charge in [-0.2, -0.15) is 0 Å². The van der Waals surface area contributed by atoms with Crippen LogP contribution in [-0.4, -0.2) is 13.4 Å². The van der Waals surface area contributed by atoms with Crippen molar-refractivity contribution in [2.45, 2.75) is 13.5 Å². The van der Waals surface area contributed by atoms with Crippen molar-refractivity contribution in [3.05, 3.63) is 52.0 Å². The molecule has 0 atom stereocenters. The third kappa shape index (κ3) is 2.31. The van der Waals surface area contributed by atoms with Crippen molar-refractivity contribution < 1.29 is 4.74 Å². The van der Waals surface area contributed by atoms with E-state index in [0.717, 1.165) is 22.5 Å². The van der Waals surface area contributed by atoms with Crippen molar-refractivity contribution in [3.63, 3.8) is 0 Å². The van der Waals surface area contributed by atoms with E-state index in [1.165, 1.54) is 16.8 Å². The van der Waals surface area contributed by atoms with Gasteiger partial charge in [0.25, 0.3) is 0 Å². The van der Waals surface area contributed by atoms with E-state index < -0.39 is 0 Å². The van der Waals surface area contributed by atoms with Gasteiger partial charge in [-0.3, -0.25) is 0 Å². The van der Waals surface area contributed by atoms with Crippen LogP contribution in [0.1, 0.15) is 11.1 Å². The van der Waals surface area contributed by atoms with Crippen LogP contribution < -0.4 is 9.64 Å². The highest BCUT2D eigenvalue weighted by Gasteiger charge is 2.16. The number of nitrogens with zero attached hydrogens (tertiary/aromatic N) is 2. The number of hydrogen-bond acceptors (Lipinski definition) is 3. The first-order valence-corrected chi connectivity index (χ1v) is 7.21. The maximum atomic E-state index is 5.23. The highest BCUT2D eigenvalue weighted by atomic mass is 79.9. The lowest BCUT2D eigenvalue weighted by atomic mass is 10.1. The molecule has 0 amide bonds. The summed E-state index contributed by atoms with van der Waals surface area (Å²) < 4.78 is 6.35. The molecule has 0 spiro atoms. The molecule has 2 aromatic carbocycles. The molecule has 102 valence electrons. The van der Waals surface area contributed by atoms with Crippen LogP contribution in [0, 0.1) is 6.92 Å². The van der Waals surface area contributed by atoms with Crippen LogP contribution in [0.3, 0.4) is 0 Å². The van der Waals surface area contributed by atoms with Gasteiger partial charge in [0, 0.05) is 16.2 Å². The van der Waals surface area contributed by atoms with Gasteiger partial charge >= 0.3 is 0 Å². The number of methoxy groups -OCH3 is 1. The zero-order chi connectivity index (χ0) is 14.1. The summed E-state index contributed by atoms with van der Waals surface area (Å²) in [6.07, 6.45) is 1.89. The number of halogens is 1. The third-order valence-corrected chi connectivity index (χ3v) is 4.38. The third-order valence-electron chi connectivity index (χ3n) is 3.52. The lowest BCUT2D eigenvalue weighted by molar-refractivity contribution is 0.415. The van der Waals surface area contributed by atoms with Gasteiger partial charge in [0.2, 0.25) is 0 Å². The summed E-state index contributed by atoms with van der Waals surface area (Å²) in [5.41, 5.74) is 4.57. The van der Waals surface area contributed by atoms with Crippen LogP contribution >= 0.6 is 15.9 Å². The number of rotatable bonds is 2. The molecule has 0 radical (unpaired) electrons. The molecular formula is C16H15BrN2O. The minimum absolute atomic E-state index is 0.820. The van der Waals surface area contributed by atoms with E-state index >= 15 is 0 Å². The molecule has 0 saturated heterocycles. The molecule has 0 fully saturated rings. The largest absolute Gasteiger partial charge is 0.497 e. The quantitative estimate of drug-likeness (QED) is 0.812. The number of benzene rings is 2. The normalized spacial score (nSPS) is 13.2. The SMILES string of the molecule is COc1ccc2c(c1)N=CN(c1cccc(Br)c1C)C2. The first kappa shape index (κ1) is 13.2. The Morgan fingerprint density at radius 3 is 2.90 bits per heavy atom. The van der Waals surface area contributed by atoms with Crippen molar-refractivity contribution >= 4 is 33.6 Å². The summed E-state index contributed by atoms with van der Waals surface area (Å²) in [4.78, 5) is 6.70. The number of hydrogen-bond donors (Lipinski definition) is 0. The monoisotopic (exact) mass is 330 g/mol. The summed E-state index contributed by atoms with van der Waals surface area (Å²) in [6, 6.07) is 12.2. The summed E-state index contributed by atoms with van der Waals surface area (Å²) in [5, 5.41) is 0. The molecule has 3 nitrogen and oxygen atoms in total. The van der Waals surface area contributed by atoms with Crippen LogP contribution in [0.4, 0.5) is 11.4 Å². The minimum Gasteiger partial charge on any atom is -0.497 e. The van der Waals surface area contributed by atoms with Crippen molar-refractivity contribution in [2.24, 2.45) is 4.99 Å². The van der Waals surface area contributed by atoms with E-state index in [4.69, 9.17) is 4.74 Å². The standard InChI is InChI=1S/C16H15BrN2O/c1-11-14(17)4-3-5-16(11)19-9-12-6-7-13(20-2)8-15(12)18-10-19/h3-8,10H,9H2,1-2H3. The lowest BCUT2D eigenvalue weighted by Gasteiger charge is -2.26. The van der Waals surface area contributed by atoms with Crippen LogP contribution in [0.5, 0.6) is 5.75 Å². The van der Waals surface area contributed by atoms with Crippen LogP contribution in [0.15, 0.2) is 45.9 Å². The molecule has 3 rings (SSSR count). The predicted octanol–water partition coefficient (Wildman–Crippen LogP) is 4.45. The second kappa shape index (κ2) is 5.29. The van der Waals surface area contributed by atoms with E-state index in [-0.39, 0.29) is 0 Å². The van der Waals surface area contributed by atoms with Gasteiger partial charge < -0.3 is 9.64 Å². The zero-order valence-corrected chi connectivity index (χ0v) is 13.0. The molecule has 1 heterocycles. The van der Waals surface area contributed by atoms with Gasteiger partial charge in [-0.15, -0.1) is 0 Å². The van der Waals surface area contributed by atoms with Gasteiger partial charge in [-0.1, -0.05) is 28.1 Å². The van der Waals surface area contributed by atoms with E-state index in [1.54, 1.807) is 7.11 Å². The van der Waals surface area contributed by atoms with E-state index in [1.807, 2.05) is 24.5 Å². The fraction of sp³-hybridized carbons (Fsp3) is 0.188. The zero-order valence-electron chi connectivity index (χ0n) is 11.4. The topological polar surface area (TPSA) is 24.8 Å². The second-order valence-electron chi connectivity index (χ2n) is 4.75. The molecule has 2 aromatic rings. The Kier molecular flexibility index (Phi) is 3.49. The Morgan fingerprint density at radius 1 is 1.25 bits per heavy atom. The Morgan fingerprint density at radius 2 is 2.10 bits per heavy atom. The first-order valence-electron chi connectivity index (χ1n) is 6.42. The maximum Gasteiger partial charge on any atom is 0.121 e. The van der Waals surface area contributed by atoms with Crippen molar-refractivity contribution in [1.82, 2.24) is 0 Å². The lowest BCUT2D eigenvalue weighted by Crippen LogP contribution is -2.24. The molecule has 0 aromatic heterocycles. The average Bonchev–Trinajstić information content (AvgIpc) is 2.49. The van der Waals surface area contributed by atoms with Crippen LogP contribution in [0.25, 0.3) is 0 Å². The van der Waals surface area contributed by atoms with E-state index in [9.17, 15) is 0 Å². The van der Waals surface area contributed by atoms with Gasteiger partial charge in [0.15, 0.2) is 0 Å². The molecule has 4 heteroatoms. The molecule has 1 aliphatic rings. The number of ether oxygens (including phenoxy) is 1. The molecule has 0 unspecified atom stereocenters. The van der Waals surface area contributed by atoms with Crippen molar-refractivity contribution in [3.8, 4) is 5.75 Å². The summed E-state index contributed by atoms with van der Waals surface area (Å²) >= 11 is 3.58. The van der Waals surface area contributed by atoms with Gasteiger partial charge in [0.05, 0.1) is 25.7 Å². The molecule has 0 bridgehead atoms.